The molecule has 0 aliphatic carbocycles. The summed E-state index contributed by atoms with van der Waals surface area (Å²) >= 11 is 0. The van der Waals surface area contributed by atoms with Gasteiger partial charge in [0.15, 0.2) is 5.96 Å². The fraction of sp³-hybridized carbons (Fsp3) is 0.944. The van der Waals surface area contributed by atoms with Crippen LogP contribution in [0.2, 0.25) is 0 Å². The van der Waals surface area contributed by atoms with E-state index >= 15 is 0 Å². The van der Waals surface area contributed by atoms with Crippen LogP contribution in [0.5, 0.6) is 0 Å². The molecule has 2 saturated heterocycles. The normalized spacial score (nSPS) is 28.2. The lowest BCUT2D eigenvalue weighted by molar-refractivity contribution is 0.142. The van der Waals surface area contributed by atoms with Crippen molar-refractivity contribution < 1.29 is 4.74 Å². The number of aliphatic imine (C=N–C) groups is 1. The van der Waals surface area contributed by atoms with Gasteiger partial charge in [0.05, 0.1) is 13.2 Å². The van der Waals surface area contributed by atoms with Crippen LogP contribution in [0.25, 0.3) is 0 Å². The summed E-state index contributed by atoms with van der Waals surface area (Å²) in [5, 5.41) is 3.47. The second kappa shape index (κ2) is 9.48. The number of hydrogen-bond acceptors (Lipinski definition) is 3. The molecule has 3 unspecified atom stereocenters. The monoisotopic (exact) mass is 324 g/mol. The van der Waals surface area contributed by atoms with Gasteiger partial charge in [0.1, 0.15) is 0 Å². The minimum atomic E-state index is 0.531. The number of nitrogens with one attached hydrogen (secondary N) is 1. The van der Waals surface area contributed by atoms with Crippen molar-refractivity contribution in [1.29, 1.82) is 0 Å². The maximum Gasteiger partial charge on any atom is 0.193 e. The average molecular weight is 325 g/mol. The number of methoxy groups -OCH3 is 1. The lowest BCUT2D eigenvalue weighted by Gasteiger charge is -2.35. The SMILES string of the molecule is CCNC(=NCC(C)N1CCCC(C)C1)N1CCC(COC)C1. The largest absolute Gasteiger partial charge is 0.384 e. The van der Waals surface area contributed by atoms with Crippen LogP contribution in [0.4, 0.5) is 0 Å². The first-order valence-electron chi connectivity index (χ1n) is 9.40. The van der Waals surface area contributed by atoms with Crippen molar-refractivity contribution in [3.05, 3.63) is 0 Å². The van der Waals surface area contributed by atoms with Gasteiger partial charge >= 0.3 is 0 Å². The highest BCUT2D eigenvalue weighted by Crippen LogP contribution is 2.19. The van der Waals surface area contributed by atoms with Crippen LogP contribution in [0.3, 0.4) is 0 Å². The second-order valence-electron chi connectivity index (χ2n) is 7.34. The Hall–Kier alpha value is -0.810. The molecule has 2 heterocycles. The highest BCUT2D eigenvalue weighted by atomic mass is 16.5. The molecule has 2 rings (SSSR count). The van der Waals surface area contributed by atoms with E-state index in [0.717, 1.165) is 44.7 Å². The molecule has 0 saturated carbocycles. The van der Waals surface area contributed by atoms with Crippen LogP contribution in [0.1, 0.15) is 40.0 Å². The predicted molar refractivity (Wildman–Crippen MR) is 97.0 cm³/mol. The van der Waals surface area contributed by atoms with Crippen LogP contribution in [-0.2, 0) is 4.74 Å². The van der Waals surface area contributed by atoms with E-state index in [-0.39, 0.29) is 0 Å². The lowest BCUT2D eigenvalue weighted by atomic mass is 9.99. The van der Waals surface area contributed by atoms with E-state index in [4.69, 9.17) is 9.73 Å². The third-order valence-electron chi connectivity index (χ3n) is 5.14. The van der Waals surface area contributed by atoms with Gasteiger partial charge in [-0.25, -0.2) is 0 Å². The summed E-state index contributed by atoms with van der Waals surface area (Å²) in [5.41, 5.74) is 0. The minimum absolute atomic E-state index is 0.531. The van der Waals surface area contributed by atoms with Crippen LogP contribution in [0, 0.1) is 11.8 Å². The standard InChI is InChI=1S/C18H36N4O/c1-5-19-18(22-10-8-17(13-22)14-23-4)20-11-16(3)21-9-6-7-15(2)12-21/h15-17H,5-14H2,1-4H3,(H,19,20). The molecule has 0 amide bonds. The van der Waals surface area contributed by atoms with E-state index in [1.54, 1.807) is 7.11 Å². The summed E-state index contributed by atoms with van der Waals surface area (Å²) < 4.78 is 5.31. The molecule has 5 heteroatoms. The molecule has 0 spiro atoms. The van der Waals surface area contributed by atoms with Crippen molar-refractivity contribution in [2.24, 2.45) is 16.8 Å². The quantitative estimate of drug-likeness (QED) is 0.599. The van der Waals surface area contributed by atoms with Crippen LogP contribution < -0.4 is 5.32 Å². The van der Waals surface area contributed by atoms with Crippen molar-refractivity contribution in [2.75, 3.05) is 53.0 Å². The third-order valence-corrected chi connectivity index (χ3v) is 5.14. The molecule has 1 N–H and O–H groups in total. The minimum Gasteiger partial charge on any atom is -0.384 e. The summed E-state index contributed by atoms with van der Waals surface area (Å²) in [4.78, 5) is 9.95. The van der Waals surface area contributed by atoms with Crippen molar-refractivity contribution >= 4 is 5.96 Å². The molecule has 2 aliphatic heterocycles. The summed E-state index contributed by atoms with van der Waals surface area (Å²) in [7, 11) is 1.79. The average Bonchev–Trinajstić information content (AvgIpc) is 3.00. The number of piperidine rings is 1. The van der Waals surface area contributed by atoms with Gasteiger partial charge in [-0.2, -0.15) is 0 Å². The molecule has 23 heavy (non-hydrogen) atoms. The van der Waals surface area contributed by atoms with E-state index < -0.39 is 0 Å². The highest BCUT2D eigenvalue weighted by Gasteiger charge is 2.25. The maximum atomic E-state index is 5.31. The Morgan fingerprint density at radius 3 is 2.83 bits per heavy atom. The van der Waals surface area contributed by atoms with E-state index in [9.17, 15) is 0 Å². The zero-order chi connectivity index (χ0) is 16.7. The zero-order valence-corrected chi connectivity index (χ0v) is 15.6. The highest BCUT2D eigenvalue weighted by molar-refractivity contribution is 5.80. The first kappa shape index (κ1) is 18.5. The van der Waals surface area contributed by atoms with E-state index in [1.165, 1.54) is 32.4 Å². The smallest absolute Gasteiger partial charge is 0.193 e. The number of nitrogens with zero attached hydrogens (tertiary/aromatic N) is 3. The Morgan fingerprint density at radius 1 is 1.30 bits per heavy atom. The van der Waals surface area contributed by atoms with Gasteiger partial charge in [0.25, 0.3) is 0 Å². The molecule has 2 aliphatic rings. The van der Waals surface area contributed by atoms with Gasteiger partial charge in [-0.05, 0) is 45.6 Å². The molecule has 0 aromatic rings. The molecule has 5 nitrogen and oxygen atoms in total. The third kappa shape index (κ3) is 5.64. The van der Waals surface area contributed by atoms with E-state index in [0.29, 0.717) is 12.0 Å². The fourth-order valence-corrected chi connectivity index (χ4v) is 3.78. The van der Waals surface area contributed by atoms with Crippen LogP contribution in [-0.4, -0.2) is 74.8 Å². The maximum absolute atomic E-state index is 5.31. The molecule has 0 radical (unpaired) electrons. The molecular formula is C18H36N4O. The van der Waals surface area contributed by atoms with E-state index in [2.05, 4.69) is 35.9 Å². The van der Waals surface area contributed by atoms with Gasteiger partial charge in [0.2, 0.25) is 0 Å². The Labute approximate surface area is 142 Å². The fourth-order valence-electron chi connectivity index (χ4n) is 3.78. The van der Waals surface area contributed by atoms with Gasteiger partial charge in [-0.1, -0.05) is 6.92 Å². The molecular weight excluding hydrogens is 288 g/mol. The molecule has 3 atom stereocenters. The van der Waals surface area contributed by atoms with Crippen molar-refractivity contribution in [3.8, 4) is 0 Å². The van der Waals surface area contributed by atoms with Crippen LogP contribution in [0.15, 0.2) is 4.99 Å². The molecule has 2 fully saturated rings. The second-order valence-corrected chi connectivity index (χ2v) is 7.34. The lowest BCUT2D eigenvalue weighted by Crippen LogP contribution is -2.44. The Kier molecular flexibility index (Phi) is 7.63. The summed E-state index contributed by atoms with van der Waals surface area (Å²) in [6, 6.07) is 0.531. The summed E-state index contributed by atoms with van der Waals surface area (Å²) in [6.45, 7) is 14.1. The number of rotatable bonds is 6. The number of guanidine groups is 1. The topological polar surface area (TPSA) is 40.1 Å². The predicted octanol–water partition coefficient (Wildman–Crippen LogP) is 2.04. The summed E-state index contributed by atoms with van der Waals surface area (Å²) in [6.07, 6.45) is 3.92. The van der Waals surface area contributed by atoms with Crippen LogP contribution >= 0.6 is 0 Å². The Balaban J connectivity index is 1.88. The zero-order valence-electron chi connectivity index (χ0n) is 15.6. The van der Waals surface area contributed by atoms with Crippen molar-refractivity contribution in [1.82, 2.24) is 15.1 Å². The molecule has 0 aromatic heterocycles. The Morgan fingerprint density at radius 2 is 2.13 bits per heavy atom. The van der Waals surface area contributed by atoms with Gasteiger partial charge in [-0.15, -0.1) is 0 Å². The van der Waals surface area contributed by atoms with Crippen molar-refractivity contribution in [3.63, 3.8) is 0 Å². The van der Waals surface area contributed by atoms with Gasteiger partial charge in [0, 0.05) is 45.2 Å². The number of hydrogen-bond donors (Lipinski definition) is 1. The molecule has 134 valence electrons. The Bertz CT molecular complexity index is 374. The van der Waals surface area contributed by atoms with Crippen molar-refractivity contribution in [2.45, 2.75) is 46.1 Å². The summed E-state index contributed by atoms with van der Waals surface area (Å²) in [5.74, 6) is 2.56. The molecule has 0 aromatic carbocycles. The van der Waals surface area contributed by atoms with Gasteiger partial charge < -0.3 is 15.0 Å². The first-order chi connectivity index (χ1) is 11.1. The van der Waals surface area contributed by atoms with Gasteiger partial charge in [-0.3, -0.25) is 9.89 Å². The van der Waals surface area contributed by atoms with E-state index in [1.807, 2.05) is 0 Å². The number of ether oxygens (including phenoxy) is 1. The number of likely N-dealkylation sites (tertiary alicyclic amines) is 2. The molecule has 0 bridgehead atoms. The first-order valence-corrected chi connectivity index (χ1v) is 9.40.